The van der Waals surface area contributed by atoms with Crippen molar-refractivity contribution in [3.63, 3.8) is 0 Å². The summed E-state index contributed by atoms with van der Waals surface area (Å²) < 4.78 is 48.7. The highest BCUT2D eigenvalue weighted by Gasteiger charge is 2.40. The van der Waals surface area contributed by atoms with Gasteiger partial charge in [0.2, 0.25) is 9.84 Å². The molecule has 0 saturated heterocycles. The van der Waals surface area contributed by atoms with Crippen LogP contribution in [-0.2, 0) is 9.84 Å². The molecule has 0 amide bonds. The Bertz CT molecular complexity index is 453. The van der Waals surface area contributed by atoms with Crippen LogP contribution in [0.2, 0.25) is 0 Å². The number of aliphatic hydroxyl groups is 1. The topological polar surface area (TPSA) is 54.4 Å². The van der Waals surface area contributed by atoms with E-state index in [2.05, 4.69) is 0 Å². The van der Waals surface area contributed by atoms with E-state index in [9.17, 15) is 22.3 Å². The molecule has 0 radical (unpaired) electrons. The molecule has 0 spiro atoms. The number of fused-ring (bicyclic) bond motifs is 1. The molecule has 3 unspecified atom stereocenters. The molecule has 1 saturated carbocycles. The standard InChI is InChI=1S/C10H12F2O3S/c11-5-16(14,15)9-4-2-7(12)6-1-3-8(13)10(6)9/h2,4,6-8,13H,1,3,5H2. The molecule has 90 valence electrons. The van der Waals surface area contributed by atoms with Gasteiger partial charge in [0.05, 0.1) is 11.0 Å². The molecule has 6 heteroatoms. The normalized spacial score (nSPS) is 34.3. The maximum absolute atomic E-state index is 13.5. The van der Waals surface area contributed by atoms with Gasteiger partial charge in [0, 0.05) is 5.92 Å². The highest BCUT2D eigenvalue weighted by Crippen LogP contribution is 2.42. The first-order chi connectivity index (χ1) is 7.47. The molecular formula is C10H12F2O3S. The average Bonchev–Trinajstić information content (AvgIpc) is 2.62. The SMILES string of the molecule is O=S(=O)(CF)C1=C2C(O)CCC2C(F)C=C1. The zero-order chi connectivity index (χ0) is 11.9. The molecular weight excluding hydrogens is 238 g/mol. The lowest BCUT2D eigenvalue weighted by Crippen LogP contribution is -2.23. The Labute approximate surface area is 92.4 Å². The minimum absolute atomic E-state index is 0.146. The minimum atomic E-state index is -4.03. The summed E-state index contributed by atoms with van der Waals surface area (Å²) in [4.78, 5) is -0.237. The molecule has 0 aliphatic heterocycles. The van der Waals surface area contributed by atoms with Crippen LogP contribution in [-0.4, -0.2) is 31.8 Å². The van der Waals surface area contributed by atoms with E-state index in [1.165, 1.54) is 0 Å². The summed E-state index contributed by atoms with van der Waals surface area (Å²) in [6, 6.07) is -1.52. The zero-order valence-electron chi connectivity index (χ0n) is 8.44. The summed E-state index contributed by atoms with van der Waals surface area (Å²) in [6.07, 6.45) is 0.658. The van der Waals surface area contributed by atoms with Crippen molar-refractivity contribution in [3.05, 3.63) is 22.6 Å². The molecule has 2 rings (SSSR count). The van der Waals surface area contributed by atoms with Crippen LogP contribution in [0, 0.1) is 5.92 Å². The number of rotatable bonds is 2. The lowest BCUT2D eigenvalue weighted by molar-refractivity contribution is 0.214. The van der Waals surface area contributed by atoms with E-state index < -0.39 is 34.0 Å². The van der Waals surface area contributed by atoms with Crippen molar-refractivity contribution in [2.45, 2.75) is 25.1 Å². The van der Waals surface area contributed by atoms with E-state index >= 15 is 0 Å². The number of sulfone groups is 1. The van der Waals surface area contributed by atoms with Gasteiger partial charge in [0.15, 0.2) is 6.01 Å². The van der Waals surface area contributed by atoms with E-state index in [0.29, 0.717) is 12.8 Å². The number of aliphatic hydroxyl groups excluding tert-OH is 1. The Morgan fingerprint density at radius 1 is 1.44 bits per heavy atom. The molecule has 1 fully saturated rings. The van der Waals surface area contributed by atoms with Crippen molar-refractivity contribution in [1.82, 2.24) is 0 Å². The van der Waals surface area contributed by atoms with Gasteiger partial charge in [-0.2, -0.15) is 0 Å². The highest BCUT2D eigenvalue weighted by atomic mass is 32.2. The smallest absolute Gasteiger partial charge is 0.207 e. The molecule has 0 aromatic heterocycles. The molecule has 16 heavy (non-hydrogen) atoms. The van der Waals surface area contributed by atoms with Gasteiger partial charge < -0.3 is 5.11 Å². The van der Waals surface area contributed by atoms with Crippen molar-refractivity contribution >= 4 is 9.84 Å². The van der Waals surface area contributed by atoms with Crippen LogP contribution in [0.4, 0.5) is 8.78 Å². The lowest BCUT2D eigenvalue weighted by Gasteiger charge is -2.22. The molecule has 2 aliphatic carbocycles. The van der Waals surface area contributed by atoms with E-state index in [4.69, 9.17) is 0 Å². The van der Waals surface area contributed by atoms with Gasteiger partial charge in [-0.05, 0) is 30.6 Å². The van der Waals surface area contributed by atoms with Crippen LogP contribution in [0.25, 0.3) is 0 Å². The van der Waals surface area contributed by atoms with Gasteiger partial charge in [0.1, 0.15) is 6.17 Å². The van der Waals surface area contributed by atoms with Crippen molar-refractivity contribution in [3.8, 4) is 0 Å². The Morgan fingerprint density at radius 3 is 2.75 bits per heavy atom. The fraction of sp³-hybridized carbons (Fsp3) is 0.600. The van der Waals surface area contributed by atoms with Crippen LogP contribution in [0.3, 0.4) is 0 Å². The highest BCUT2D eigenvalue weighted by molar-refractivity contribution is 7.95. The molecule has 0 aromatic rings. The first-order valence-corrected chi connectivity index (χ1v) is 6.65. The van der Waals surface area contributed by atoms with Crippen LogP contribution in [0.1, 0.15) is 12.8 Å². The summed E-state index contributed by atoms with van der Waals surface area (Å²) >= 11 is 0. The fourth-order valence-electron chi connectivity index (χ4n) is 2.32. The van der Waals surface area contributed by atoms with Gasteiger partial charge in [-0.15, -0.1) is 0 Å². The second-order valence-electron chi connectivity index (χ2n) is 4.05. The lowest BCUT2D eigenvalue weighted by atomic mass is 9.92. The summed E-state index contributed by atoms with van der Waals surface area (Å²) in [5, 5.41) is 9.63. The predicted molar refractivity (Wildman–Crippen MR) is 54.7 cm³/mol. The minimum Gasteiger partial charge on any atom is -0.389 e. The number of allylic oxidation sites excluding steroid dienone is 2. The van der Waals surface area contributed by atoms with Crippen LogP contribution in [0.15, 0.2) is 22.6 Å². The molecule has 3 nitrogen and oxygen atoms in total. The molecule has 2 aliphatic rings. The van der Waals surface area contributed by atoms with Gasteiger partial charge in [0.25, 0.3) is 0 Å². The number of halogens is 2. The van der Waals surface area contributed by atoms with Crippen LogP contribution < -0.4 is 0 Å². The second-order valence-corrected chi connectivity index (χ2v) is 5.93. The number of hydrogen-bond acceptors (Lipinski definition) is 3. The van der Waals surface area contributed by atoms with Gasteiger partial charge >= 0.3 is 0 Å². The number of hydrogen-bond donors (Lipinski definition) is 1. The third kappa shape index (κ3) is 1.69. The quantitative estimate of drug-likeness (QED) is 0.802. The molecule has 0 bridgehead atoms. The number of alkyl halides is 2. The maximum atomic E-state index is 13.5. The first kappa shape index (κ1) is 11.7. The van der Waals surface area contributed by atoms with Crippen molar-refractivity contribution < 1.29 is 22.3 Å². The van der Waals surface area contributed by atoms with Gasteiger partial charge in [-0.25, -0.2) is 17.2 Å². The summed E-state index contributed by atoms with van der Waals surface area (Å²) in [7, 11) is -4.03. The maximum Gasteiger partial charge on any atom is 0.207 e. The Hall–Kier alpha value is -0.750. The Balaban J connectivity index is 2.54. The molecule has 1 N–H and O–H groups in total. The van der Waals surface area contributed by atoms with Crippen LogP contribution >= 0.6 is 0 Å². The largest absolute Gasteiger partial charge is 0.389 e. The van der Waals surface area contributed by atoms with Crippen molar-refractivity contribution in [2.75, 3.05) is 6.01 Å². The Morgan fingerprint density at radius 2 is 2.12 bits per heavy atom. The van der Waals surface area contributed by atoms with Gasteiger partial charge in [-0.3, -0.25) is 0 Å². The first-order valence-electron chi connectivity index (χ1n) is 5.00. The average molecular weight is 250 g/mol. The third-order valence-electron chi connectivity index (χ3n) is 3.09. The van der Waals surface area contributed by atoms with Gasteiger partial charge in [-0.1, -0.05) is 0 Å². The van der Waals surface area contributed by atoms with E-state index in [-0.39, 0.29) is 10.5 Å². The fourth-order valence-corrected chi connectivity index (χ4v) is 3.37. The Kier molecular flexibility index (Phi) is 2.88. The van der Waals surface area contributed by atoms with Crippen LogP contribution in [0.5, 0.6) is 0 Å². The summed E-state index contributed by atoms with van der Waals surface area (Å²) in [5.41, 5.74) is 0.146. The monoisotopic (exact) mass is 250 g/mol. The van der Waals surface area contributed by atoms with Crippen molar-refractivity contribution in [1.29, 1.82) is 0 Å². The van der Waals surface area contributed by atoms with E-state index in [0.717, 1.165) is 12.2 Å². The summed E-state index contributed by atoms with van der Waals surface area (Å²) in [5.74, 6) is -0.615. The molecule has 0 aromatic carbocycles. The summed E-state index contributed by atoms with van der Waals surface area (Å²) in [6.45, 7) is 0. The predicted octanol–water partition coefficient (Wildman–Crippen LogP) is 1.26. The second kappa shape index (κ2) is 3.92. The van der Waals surface area contributed by atoms with E-state index in [1.54, 1.807) is 0 Å². The third-order valence-corrected chi connectivity index (χ3v) is 4.42. The molecule has 3 atom stereocenters. The molecule has 0 heterocycles. The van der Waals surface area contributed by atoms with E-state index in [1.807, 2.05) is 0 Å². The zero-order valence-corrected chi connectivity index (χ0v) is 9.25. The van der Waals surface area contributed by atoms with Crippen molar-refractivity contribution in [2.24, 2.45) is 5.92 Å².